The maximum absolute atomic E-state index is 8.88. The van der Waals surface area contributed by atoms with Gasteiger partial charge in [-0.3, -0.25) is 0 Å². The third-order valence-corrected chi connectivity index (χ3v) is 0. The first-order chi connectivity index (χ1) is 3.73. The standard InChI is InChI=1S/CHCl3.H3O4P/c2-1(3)4;1-5(2,3)4/h1H;(H3,1,2,3,4). The molecule has 0 spiro atoms. The third-order valence-electron chi connectivity index (χ3n) is 0. The van der Waals surface area contributed by atoms with E-state index in [0.717, 1.165) is 0 Å². The van der Waals surface area contributed by atoms with Crippen LogP contribution < -0.4 is 0 Å². The molecule has 0 aromatic rings. The Balaban J connectivity index is 0. The summed E-state index contributed by atoms with van der Waals surface area (Å²) in [5, 5.41) is 0. The summed E-state index contributed by atoms with van der Waals surface area (Å²) in [5.41, 5.74) is 0. The average Bonchev–Trinajstić information content (AvgIpc) is 1.19. The Hall–Kier alpha value is 0.980. The topological polar surface area (TPSA) is 77.8 Å². The molecule has 0 rings (SSSR count). The fourth-order valence-electron chi connectivity index (χ4n) is 0. The molecule has 58 valence electrons. The maximum atomic E-state index is 8.88. The fourth-order valence-corrected chi connectivity index (χ4v) is 0. The van der Waals surface area contributed by atoms with Crippen molar-refractivity contribution in [1.82, 2.24) is 0 Å². The van der Waals surface area contributed by atoms with Crippen LogP contribution >= 0.6 is 42.6 Å². The molecular weight excluding hydrogens is 213 g/mol. The SMILES string of the molecule is ClC(Cl)Cl.O=P(O)(O)O. The van der Waals surface area contributed by atoms with Crippen molar-refractivity contribution in [2.75, 3.05) is 0 Å². The lowest BCUT2D eigenvalue weighted by Crippen LogP contribution is -1.66. The van der Waals surface area contributed by atoms with Crippen LogP contribution in [0.2, 0.25) is 0 Å². The highest BCUT2D eigenvalue weighted by Crippen LogP contribution is 2.25. The average molecular weight is 217 g/mol. The highest BCUT2D eigenvalue weighted by molar-refractivity contribution is 7.45. The minimum atomic E-state index is -4.64. The maximum Gasteiger partial charge on any atom is 0.466 e. The van der Waals surface area contributed by atoms with Crippen molar-refractivity contribution in [3.8, 4) is 0 Å². The molecule has 0 saturated heterocycles. The van der Waals surface area contributed by atoms with E-state index in [0.29, 0.717) is 0 Å². The van der Waals surface area contributed by atoms with E-state index in [1.165, 1.54) is 0 Å². The highest BCUT2D eigenvalue weighted by Gasteiger charge is 2.00. The molecule has 0 saturated carbocycles. The monoisotopic (exact) mass is 216 g/mol. The van der Waals surface area contributed by atoms with Crippen LogP contribution in [0.15, 0.2) is 0 Å². The summed E-state index contributed by atoms with van der Waals surface area (Å²) in [7, 11) is -4.64. The van der Waals surface area contributed by atoms with E-state index in [-0.39, 0.29) is 0 Å². The van der Waals surface area contributed by atoms with E-state index in [4.69, 9.17) is 54.0 Å². The van der Waals surface area contributed by atoms with E-state index in [1.807, 2.05) is 0 Å². The Kier molecular flexibility index (Phi) is 8.06. The fraction of sp³-hybridized carbons (Fsp3) is 1.00. The van der Waals surface area contributed by atoms with E-state index in [2.05, 4.69) is 0 Å². The summed E-state index contributed by atoms with van der Waals surface area (Å²) in [6.45, 7) is 0. The number of phosphoric acid groups is 1. The van der Waals surface area contributed by atoms with Crippen molar-refractivity contribution in [1.29, 1.82) is 0 Å². The number of alkyl halides is 3. The minimum absolute atomic E-state index is 0.750. The van der Waals surface area contributed by atoms with Gasteiger partial charge in [0.1, 0.15) is 0 Å². The molecule has 0 aromatic carbocycles. The number of halogens is 3. The molecule has 0 amide bonds. The summed E-state index contributed by atoms with van der Waals surface area (Å²) in [5.74, 6) is 0. The molecule has 4 nitrogen and oxygen atoms in total. The van der Waals surface area contributed by atoms with Gasteiger partial charge in [-0.25, -0.2) is 4.57 Å². The summed E-state index contributed by atoms with van der Waals surface area (Å²) in [6, 6.07) is 0. The molecular formula is CH4Cl3O4P. The van der Waals surface area contributed by atoms with Crippen LogP contribution in [0.3, 0.4) is 0 Å². The molecule has 0 aromatic heterocycles. The molecule has 0 radical (unpaired) electrons. The first-order valence-electron chi connectivity index (χ1n) is 1.44. The lowest BCUT2D eigenvalue weighted by atomic mass is 11.9. The van der Waals surface area contributed by atoms with Crippen LogP contribution in [0.1, 0.15) is 0 Å². The minimum Gasteiger partial charge on any atom is -0.303 e. The molecule has 0 bridgehead atoms. The smallest absolute Gasteiger partial charge is 0.303 e. The van der Waals surface area contributed by atoms with Crippen LogP contribution in [0.5, 0.6) is 0 Å². The van der Waals surface area contributed by atoms with Crippen molar-refractivity contribution in [3.05, 3.63) is 0 Å². The first-order valence-corrected chi connectivity index (χ1v) is 4.31. The van der Waals surface area contributed by atoms with Crippen molar-refractivity contribution in [2.45, 2.75) is 4.30 Å². The summed E-state index contributed by atoms with van der Waals surface area (Å²) in [4.78, 5) is 21.6. The van der Waals surface area contributed by atoms with Gasteiger partial charge in [-0.1, -0.05) is 34.8 Å². The Morgan fingerprint density at radius 1 is 1.11 bits per heavy atom. The van der Waals surface area contributed by atoms with Crippen LogP contribution in [0.25, 0.3) is 0 Å². The molecule has 0 heterocycles. The second-order valence-electron chi connectivity index (χ2n) is 0.761. The number of hydrogen-bond acceptors (Lipinski definition) is 1. The van der Waals surface area contributed by atoms with Crippen molar-refractivity contribution in [3.63, 3.8) is 0 Å². The molecule has 0 unspecified atom stereocenters. The zero-order valence-electron chi connectivity index (χ0n) is 3.91. The van der Waals surface area contributed by atoms with Gasteiger partial charge in [0.2, 0.25) is 0 Å². The van der Waals surface area contributed by atoms with Crippen molar-refractivity contribution >= 4 is 42.6 Å². The van der Waals surface area contributed by atoms with Crippen LogP contribution in [-0.2, 0) is 4.57 Å². The van der Waals surface area contributed by atoms with Crippen LogP contribution in [0.4, 0.5) is 0 Å². The Morgan fingerprint density at radius 2 is 1.11 bits per heavy atom. The molecule has 0 aliphatic rings. The molecule has 0 aliphatic heterocycles. The lowest BCUT2D eigenvalue weighted by molar-refractivity contribution is 0.275. The number of hydrogen-bond donors (Lipinski definition) is 3. The van der Waals surface area contributed by atoms with E-state index in [1.54, 1.807) is 0 Å². The molecule has 0 aliphatic carbocycles. The van der Waals surface area contributed by atoms with Gasteiger partial charge in [-0.05, 0) is 0 Å². The Morgan fingerprint density at radius 3 is 1.11 bits per heavy atom. The molecule has 8 heteroatoms. The number of rotatable bonds is 0. The van der Waals surface area contributed by atoms with Gasteiger partial charge in [0.15, 0.2) is 4.30 Å². The molecule has 0 atom stereocenters. The van der Waals surface area contributed by atoms with Crippen LogP contribution in [0, 0.1) is 0 Å². The molecule has 0 fully saturated rings. The molecule has 9 heavy (non-hydrogen) atoms. The summed E-state index contributed by atoms with van der Waals surface area (Å²) in [6.07, 6.45) is 0. The van der Waals surface area contributed by atoms with Gasteiger partial charge in [0.05, 0.1) is 0 Å². The largest absolute Gasteiger partial charge is 0.466 e. The van der Waals surface area contributed by atoms with E-state index in [9.17, 15) is 0 Å². The predicted molar refractivity (Wildman–Crippen MR) is 35.6 cm³/mol. The Labute approximate surface area is 66.6 Å². The Bertz CT molecular complexity index is 87.0. The summed E-state index contributed by atoms with van der Waals surface area (Å²) >= 11 is 14.4. The van der Waals surface area contributed by atoms with Crippen molar-refractivity contribution < 1.29 is 19.2 Å². The summed E-state index contributed by atoms with van der Waals surface area (Å²) < 4.78 is 8.13. The van der Waals surface area contributed by atoms with Gasteiger partial charge in [0.25, 0.3) is 0 Å². The lowest BCUT2D eigenvalue weighted by Gasteiger charge is -1.82. The highest BCUT2D eigenvalue weighted by atomic mass is 35.6. The predicted octanol–water partition coefficient (Wildman–Crippen LogP) is 1.06. The first kappa shape index (κ1) is 12.6. The second-order valence-corrected chi connectivity index (χ2v) is 3.77. The quantitative estimate of drug-likeness (QED) is 0.419. The van der Waals surface area contributed by atoms with Gasteiger partial charge >= 0.3 is 7.82 Å². The normalized spacial score (nSPS) is 10.6. The van der Waals surface area contributed by atoms with Gasteiger partial charge < -0.3 is 14.7 Å². The van der Waals surface area contributed by atoms with E-state index >= 15 is 0 Å². The zero-order valence-corrected chi connectivity index (χ0v) is 7.07. The van der Waals surface area contributed by atoms with Gasteiger partial charge in [-0.2, -0.15) is 0 Å². The van der Waals surface area contributed by atoms with Crippen LogP contribution in [-0.4, -0.2) is 19.0 Å². The van der Waals surface area contributed by atoms with Gasteiger partial charge in [-0.15, -0.1) is 0 Å². The van der Waals surface area contributed by atoms with E-state index < -0.39 is 12.1 Å². The van der Waals surface area contributed by atoms with Gasteiger partial charge in [0, 0.05) is 0 Å². The third kappa shape index (κ3) is 456. The second kappa shape index (κ2) is 5.74. The van der Waals surface area contributed by atoms with Crippen molar-refractivity contribution in [2.24, 2.45) is 0 Å². The molecule has 3 N–H and O–H groups in total. The zero-order chi connectivity index (χ0) is 8.08.